The lowest BCUT2D eigenvalue weighted by atomic mass is 10.3. The molecule has 0 atom stereocenters. The summed E-state index contributed by atoms with van der Waals surface area (Å²) >= 11 is 6.21. The van der Waals surface area contributed by atoms with Crippen molar-refractivity contribution in [2.24, 2.45) is 0 Å². The molecule has 4 nitrogen and oxygen atoms in total. The fraction of sp³-hybridized carbons (Fsp3) is 0.333. The van der Waals surface area contributed by atoms with Crippen LogP contribution in [-0.4, -0.2) is 21.4 Å². The van der Waals surface area contributed by atoms with Crippen molar-refractivity contribution in [2.75, 3.05) is 6.61 Å². The molecule has 0 fully saturated rings. The summed E-state index contributed by atoms with van der Waals surface area (Å²) in [7, 11) is 0. The van der Waals surface area contributed by atoms with Crippen LogP contribution in [0.5, 0.6) is 5.75 Å². The quantitative estimate of drug-likeness (QED) is 0.842. The summed E-state index contributed by atoms with van der Waals surface area (Å²) in [5.41, 5.74) is 0.745. The third-order valence-electron chi connectivity index (χ3n) is 2.34. The van der Waals surface area contributed by atoms with Crippen molar-refractivity contribution in [1.29, 1.82) is 0 Å². The smallest absolute Gasteiger partial charge is 0.148 e. The van der Waals surface area contributed by atoms with E-state index in [9.17, 15) is 0 Å². The predicted octanol–water partition coefficient (Wildman–Crippen LogP) is 2.94. The Morgan fingerprint density at radius 2 is 2.12 bits per heavy atom. The largest absolute Gasteiger partial charge is 0.492 e. The number of nitrogens with zero attached hydrogens (tertiary/aromatic N) is 3. The molecule has 1 heterocycles. The molecule has 0 spiro atoms. The molecule has 0 aliphatic rings. The van der Waals surface area contributed by atoms with E-state index in [1.807, 2.05) is 39.0 Å². The highest BCUT2D eigenvalue weighted by molar-refractivity contribution is 6.32. The van der Waals surface area contributed by atoms with E-state index in [4.69, 9.17) is 16.3 Å². The van der Waals surface area contributed by atoms with Crippen LogP contribution in [0.25, 0.3) is 5.69 Å². The summed E-state index contributed by atoms with van der Waals surface area (Å²) < 4.78 is 7.27. The van der Waals surface area contributed by atoms with Crippen LogP contribution in [0.15, 0.2) is 18.2 Å². The molecule has 1 aromatic carbocycles. The van der Waals surface area contributed by atoms with Gasteiger partial charge >= 0.3 is 0 Å². The van der Waals surface area contributed by atoms with Crippen LogP contribution in [-0.2, 0) is 0 Å². The minimum absolute atomic E-state index is 0.583. The van der Waals surface area contributed by atoms with E-state index < -0.39 is 0 Å². The van der Waals surface area contributed by atoms with Crippen molar-refractivity contribution in [1.82, 2.24) is 14.8 Å². The highest BCUT2D eigenvalue weighted by Crippen LogP contribution is 2.30. The molecule has 0 aliphatic carbocycles. The minimum atomic E-state index is 0.583. The second-order valence-corrected chi connectivity index (χ2v) is 4.04. The fourth-order valence-corrected chi connectivity index (χ4v) is 1.95. The third-order valence-corrected chi connectivity index (χ3v) is 2.64. The van der Waals surface area contributed by atoms with E-state index in [-0.39, 0.29) is 0 Å². The first-order valence-electron chi connectivity index (χ1n) is 5.45. The average Bonchev–Trinajstić information content (AvgIpc) is 2.58. The van der Waals surface area contributed by atoms with E-state index in [0.717, 1.165) is 11.5 Å². The number of aryl methyl sites for hydroxylation is 2. The Balaban J connectivity index is 2.61. The van der Waals surface area contributed by atoms with Crippen LogP contribution in [0, 0.1) is 13.8 Å². The zero-order valence-corrected chi connectivity index (χ0v) is 10.8. The first-order valence-corrected chi connectivity index (χ1v) is 5.83. The molecule has 0 saturated heterocycles. The van der Waals surface area contributed by atoms with Crippen LogP contribution in [0.2, 0.25) is 5.02 Å². The van der Waals surface area contributed by atoms with Gasteiger partial charge < -0.3 is 4.74 Å². The molecule has 0 N–H and O–H groups in total. The Bertz CT molecular complexity index is 537. The van der Waals surface area contributed by atoms with E-state index in [1.165, 1.54) is 0 Å². The lowest BCUT2D eigenvalue weighted by Gasteiger charge is -2.12. The maximum Gasteiger partial charge on any atom is 0.148 e. The predicted molar refractivity (Wildman–Crippen MR) is 67.0 cm³/mol. The van der Waals surface area contributed by atoms with Gasteiger partial charge in [0, 0.05) is 0 Å². The summed E-state index contributed by atoms with van der Waals surface area (Å²) in [6.07, 6.45) is 0. The van der Waals surface area contributed by atoms with Crippen LogP contribution < -0.4 is 4.74 Å². The van der Waals surface area contributed by atoms with Gasteiger partial charge in [-0.25, -0.2) is 9.67 Å². The lowest BCUT2D eigenvalue weighted by Crippen LogP contribution is -2.04. The van der Waals surface area contributed by atoms with E-state index in [2.05, 4.69) is 10.1 Å². The molecule has 0 radical (unpaired) electrons. The number of benzene rings is 1. The van der Waals surface area contributed by atoms with E-state index >= 15 is 0 Å². The number of halogens is 1. The SMILES string of the molecule is CCOc1cccc(Cl)c1-n1nc(C)nc1C. The maximum absolute atomic E-state index is 6.21. The summed E-state index contributed by atoms with van der Waals surface area (Å²) in [5, 5.41) is 4.93. The van der Waals surface area contributed by atoms with Gasteiger partial charge in [0.15, 0.2) is 0 Å². The highest BCUT2D eigenvalue weighted by atomic mass is 35.5. The van der Waals surface area contributed by atoms with E-state index in [0.29, 0.717) is 23.2 Å². The number of hydrogen-bond donors (Lipinski definition) is 0. The number of hydrogen-bond acceptors (Lipinski definition) is 3. The van der Waals surface area contributed by atoms with Crippen molar-refractivity contribution >= 4 is 11.6 Å². The van der Waals surface area contributed by atoms with Crippen molar-refractivity contribution in [2.45, 2.75) is 20.8 Å². The Morgan fingerprint density at radius 3 is 2.71 bits per heavy atom. The molecule has 0 unspecified atom stereocenters. The molecule has 5 heteroatoms. The van der Waals surface area contributed by atoms with Crippen molar-refractivity contribution in [3.63, 3.8) is 0 Å². The van der Waals surface area contributed by atoms with Gasteiger partial charge in [-0.2, -0.15) is 5.10 Å². The van der Waals surface area contributed by atoms with Gasteiger partial charge in [0.2, 0.25) is 0 Å². The van der Waals surface area contributed by atoms with Crippen LogP contribution in [0.1, 0.15) is 18.6 Å². The highest BCUT2D eigenvalue weighted by Gasteiger charge is 2.14. The van der Waals surface area contributed by atoms with Crippen molar-refractivity contribution in [3.8, 4) is 11.4 Å². The number of rotatable bonds is 3. The molecule has 90 valence electrons. The van der Waals surface area contributed by atoms with Gasteiger partial charge in [-0.05, 0) is 32.9 Å². The molecule has 0 saturated carbocycles. The summed E-state index contributed by atoms with van der Waals surface area (Å²) in [5.74, 6) is 2.22. The molecule has 0 bridgehead atoms. The molecular weight excluding hydrogens is 238 g/mol. The summed E-state index contributed by atoms with van der Waals surface area (Å²) in [6.45, 7) is 6.25. The summed E-state index contributed by atoms with van der Waals surface area (Å²) in [4.78, 5) is 4.27. The Kier molecular flexibility index (Phi) is 3.33. The van der Waals surface area contributed by atoms with E-state index in [1.54, 1.807) is 4.68 Å². The Labute approximate surface area is 105 Å². The normalized spacial score (nSPS) is 10.6. The number of para-hydroxylation sites is 1. The van der Waals surface area contributed by atoms with Crippen LogP contribution >= 0.6 is 11.6 Å². The Morgan fingerprint density at radius 1 is 1.35 bits per heavy atom. The van der Waals surface area contributed by atoms with Gasteiger partial charge in [0.05, 0.1) is 11.6 Å². The molecule has 1 aromatic heterocycles. The zero-order chi connectivity index (χ0) is 12.4. The number of ether oxygens (including phenoxy) is 1. The number of aromatic nitrogens is 3. The average molecular weight is 252 g/mol. The molecule has 17 heavy (non-hydrogen) atoms. The molecule has 0 aliphatic heterocycles. The maximum atomic E-state index is 6.21. The van der Waals surface area contributed by atoms with Crippen LogP contribution in [0.4, 0.5) is 0 Å². The lowest BCUT2D eigenvalue weighted by molar-refractivity contribution is 0.338. The fourth-order valence-electron chi connectivity index (χ4n) is 1.71. The summed E-state index contributed by atoms with van der Waals surface area (Å²) in [6, 6.07) is 5.55. The topological polar surface area (TPSA) is 39.9 Å². The molecule has 0 amide bonds. The second kappa shape index (κ2) is 4.75. The van der Waals surface area contributed by atoms with Gasteiger partial charge in [-0.1, -0.05) is 17.7 Å². The van der Waals surface area contributed by atoms with Crippen molar-refractivity contribution in [3.05, 3.63) is 34.9 Å². The standard InChI is InChI=1S/C12H14ClN3O/c1-4-17-11-7-5-6-10(13)12(11)16-9(3)14-8(2)15-16/h5-7H,4H2,1-3H3. The van der Waals surface area contributed by atoms with Gasteiger partial charge in [-0.15, -0.1) is 0 Å². The first-order chi connectivity index (χ1) is 8.13. The zero-order valence-electron chi connectivity index (χ0n) is 10.1. The van der Waals surface area contributed by atoms with Gasteiger partial charge in [0.25, 0.3) is 0 Å². The third kappa shape index (κ3) is 2.26. The minimum Gasteiger partial charge on any atom is -0.492 e. The van der Waals surface area contributed by atoms with Crippen LogP contribution in [0.3, 0.4) is 0 Å². The second-order valence-electron chi connectivity index (χ2n) is 3.64. The van der Waals surface area contributed by atoms with Gasteiger partial charge in [-0.3, -0.25) is 0 Å². The first kappa shape index (κ1) is 11.9. The Hall–Kier alpha value is -1.55. The molecule has 2 rings (SSSR count). The van der Waals surface area contributed by atoms with Crippen molar-refractivity contribution < 1.29 is 4.74 Å². The van der Waals surface area contributed by atoms with Gasteiger partial charge in [0.1, 0.15) is 23.1 Å². The molecule has 2 aromatic rings. The monoisotopic (exact) mass is 251 g/mol. The molecular formula is C12H14ClN3O.